The van der Waals surface area contributed by atoms with Crippen molar-refractivity contribution in [3.8, 4) is 11.1 Å². The number of hydrogen-bond donors (Lipinski definition) is 3. The van der Waals surface area contributed by atoms with Crippen LogP contribution in [-0.2, 0) is 0 Å². The molecule has 1 unspecified atom stereocenters. The highest BCUT2D eigenvalue weighted by Crippen LogP contribution is 2.32. The molecule has 6 nitrogen and oxygen atoms in total. The molecule has 1 aliphatic heterocycles. The van der Waals surface area contributed by atoms with E-state index in [0.29, 0.717) is 5.69 Å². The van der Waals surface area contributed by atoms with Crippen LogP contribution in [0.25, 0.3) is 22.0 Å². The van der Waals surface area contributed by atoms with Crippen molar-refractivity contribution in [3.63, 3.8) is 0 Å². The van der Waals surface area contributed by atoms with Gasteiger partial charge < -0.3 is 19.7 Å². The number of aromatic amines is 1. The van der Waals surface area contributed by atoms with Crippen molar-refractivity contribution in [3.05, 3.63) is 83.2 Å². The zero-order valence-corrected chi connectivity index (χ0v) is 19.3. The first-order chi connectivity index (χ1) is 16.6. The molecule has 4 aromatic rings. The number of aromatic nitrogens is 2. The number of nitrogens with one attached hydrogen (secondary N) is 2. The fraction of sp³-hybridized carbons (Fsp3) is 0.231. The number of aliphatic hydroxyl groups excluding tert-OH is 1. The summed E-state index contributed by atoms with van der Waals surface area (Å²) in [5.74, 6) is -0.300. The molecule has 0 radical (unpaired) electrons. The maximum absolute atomic E-state index is 13.1. The summed E-state index contributed by atoms with van der Waals surface area (Å²) in [6.45, 7) is 1.70. The topological polar surface area (TPSA) is 81.2 Å². The van der Waals surface area contributed by atoms with Gasteiger partial charge >= 0.3 is 0 Å². The molecule has 0 aliphatic carbocycles. The van der Waals surface area contributed by atoms with Gasteiger partial charge in [0.1, 0.15) is 11.5 Å². The van der Waals surface area contributed by atoms with Gasteiger partial charge in [-0.05, 0) is 85.3 Å². The van der Waals surface area contributed by atoms with E-state index in [2.05, 4.69) is 25.7 Å². The Kier molecular flexibility index (Phi) is 6.51. The summed E-state index contributed by atoms with van der Waals surface area (Å²) < 4.78 is 16.2. The summed E-state index contributed by atoms with van der Waals surface area (Å²) in [7, 11) is 0. The minimum Gasteiger partial charge on any atom is -0.393 e. The average Bonchev–Trinajstić information content (AvgIpc) is 3.08. The quantitative estimate of drug-likeness (QED) is 0.344. The molecule has 5 rings (SSSR count). The fourth-order valence-corrected chi connectivity index (χ4v) is 4.90. The number of fused-ring (bicyclic) bond motifs is 1. The Balaban J connectivity index is 1.45. The minimum absolute atomic E-state index is 0.232. The summed E-state index contributed by atoms with van der Waals surface area (Å²) in [6.07, 6.45) is 5.82. The molecule has 1 fully saturated rings. The van der Waals surface area contributed by atoms with E-state index in [4.69, 9.17) is 0 Å². The molecule has 2 aromatic carbocycles. The molecule has 0 saturated carbocycles. The van der Waals surface area contributed by atoms with Gasteiger partial charge in [-0.25, -0.2) is 4.39 Å². The zero-order valence-electron chi connectivity index (χ0n) is 18.5. The second-order valence-electron chi connectivity index (χ2n) is 8.42. The summed E-state index contributed by atoms with van der Waals surface area (Å²) >= 11 is 1.25. The predicted octanol–water partition coefficient (Wildman–Crippen LogP) is 5.20. The van der Waals surface area contributed by atoms with E-state index >= 15 is 0 Å². The van der Waals surface area contributed by atoms with Crippen LogP contribution in [0.5, 0.6) is 0 Å². The number of hydrogen-bond acceptors (Lipinski definition) is 6. The van der Waals surface area contributed by atoms with Crippen LogP contribution in [0.15, 0.2) is 76.7 Å². The molecular formula is C26H25FN4O2S. The van der Waals surface area contributed by atoms with E-state index in [0.717, 1.165) is 65.0 Å². The van der Waals surface area contributed by atoms with E-state index in [1.807, 2.05) is 30.5 Å². The molecule has 0 amide bonds. The normalized spacial score (nSPS) is 16.4. The van der Waals surface area contributed by atoms with Crippen LogP contribution in [-0.4, -0.2) is 34.3 Å². The molecule has 1 aliphatic rings. The van der Waals surface area contributed by atoms with Crippen molar-refractivity contribution in [1.82, 2.24) is 9.97 Å². The predicted molar refractivity (Wildman–Crippen MR) is 136 cm³/mol. The summed E-state index contributed by atoms with van der Waals surface area (Å²) in [6, 6.07) is 16.0. The Labute approximate surface area is 201 Å². The van der Waals surface area contributed by atoms with Crippen LogP contribution >= 0.6 is 11.9 Å². The molecule has 8 heteroatoms. The zero-order chi connectivity index (χ0) is 23.5. The second kappa shape index (κ2) is 9.87. The third-order valence-electron chi connectivity index (χ3n) is 6.09. The van der Waals surface area contributed by atoms with E-state index in [1.54, 1.807) is 18.3 Å². The molecule has 2 aromatic heterocycles. The van der Waals surface area contributed by atoms with E-state index < -0.39 is 0 Å². The number of nitrogens with zero attached hydrogens (tertiary/aromatic N) is 2. The standard InChI is InChI=1S/C26H25FN4O2S/c27-19-4-6-21(7-5-19)34-30-24-15-18(16-29-26(24)33)17-3-8-23-22(14-17)25(9-11-28-23)31-12-1-2-20(32)10-13-31/h3-9,11,14-16,20,30,32H,1-2,10,12-13H2,(H,29,33). The van der Waals surface area contributed by atoms with Crippen molar-refractivity contribution < 1.29 is 9.50 Å². The van der Waals surface area contributed by atoms with Crippen LogP contribution in [0, 0.1) is 5.82 Å². The van der Waals surface area contributed by atoms with Crippen LogP contribution in [0.3, 0.4) is 0 Å². The van der Waals surface area contributed by atoms with Crippen molar-refractivity contribution in [2.75, 3.05) is 22.7 Å². The number of H-pyrrole nitrogens is 1. The average molecular weight is 477 g/mol. The summed E-state index contributed by atoms with van der Waals surface area (Å²) in [4.78, 5) is 22.8. The van der Waals surface area contributed by atoms with Crippen molar-refractivity contribution in [2.45, 2.75) is 30.3 Å². The first kappa shape index (κ1) is 22.4. The maximum atomic E-state index is 13.1. The van der Waals surface area contributed by atoms with Crippen molar-refractivity contribution in [1.29, 1.82) is 0 Å². The van der Waals surface area contributed by atoms with Gasteiger partial charge in [0.2, 0.25) is 0 Å². The van der Waals surface area contributed by atoms with Crippen molar-refractivity contribution >= 4 is 34.2 Å². The van der Waals surface area contributed by atoms with Crippen LogP contribution < -0.4 is 15.2 Å². The number of rotatable bonds is 5. The van der Waals surface area contributed by atoms with Gasteiger partial charge in [-0.2, -0.15) is 0 Å². The van der Waals surface area contributed by atoms with Gasteiger partial charge in [0, 0.05) is 47.0 Å². The smallest absolute Gasteiger partial charge is 0.272 e. The number of pyridine rings is 2. The monoisotopic (exact) mass is 476 g/mol. The molecule has 174 valence electrons. The van der Waals surface area contributed by atoms with Gasteiger partial charge in [-0.1, -0.05) is 6.07 Å². The Morgan fingerprint density at radius 1 is 1.06 bits per heavy atom. The van der Waals surface area contributed by atoms with E-state index in [-0.39, 0.29) is 17.5 Å². The highest BCUT2D eigenvalue weighted by Gasteiger charge is 2.17. The molecule has 34 heavy (non-hydrogen) atoms. The Morgan fingerprint density at radius 3 is 2.76 bits per heavy atom. The number of anilines is 2. The van der Waals surface area contributed by atoms with Crippen LogP contribution in [0.2, 0.25) is 0 Å². The van der Waals surface area contributed by atoms with Gasteiger partial charge in [0.05, 0.1) is 11.6 Å². The Bertz CT molecular complexity index is 1360. The molecular weight excluding hydrogens is 451 g/mol. The molecule has 1 atom stereocenters. The van der Waals surface area contributed by atoms with Gasteiger partial charge in [0.15, 0.2) is 0 Å². The first-order valence-corrected chi connectivity index (χ1v) is 12.1. The second-order valence-corrected chi connectivity index (χ2v) is 9.30. The lowest BCUT2D eigenvalue weighted by Crippen LogP contribution is -2.24. The first-order valence-electron chi connectivity index (χ1n) is 11.3. The fourth-order valence-electron chi connectivity index (χ4n) is 4.25. The SMILES string of the molecule is O=c1[nH]cc(-c2ccc3nccc(N4CCCC(O)CC4)c3c2)cc1NSc1ccc(F)cc1. The van der Waals surface area contributed by atoms with E-state index in [1.165, 1.54) is 24.1 Å². The molecule has 0 spiro atoms. The van der Waals surface area contributed by atoms with Crippen LogP contribution in [0.1, 0.15) is 19.3 Å². The molecule has 3 N–H and O–H groups in total. The highest BCUT2D eigenvalue weighted by atomic mass is 32.2. The van der Waals surface area contributed by atoms with Gasteiger partial charge in [-0.3, -0.25) is 9.78 Å². The lowest BCUT2D eigenvalue weighted by Gasteiger charge is -2.24. The number of aliphatic hydroxyl groups is 1. The van der Waals surface area contributed by atoms with Crippen LogP contribution in [0.4, 0.5) is 15.8 Å². The third-order valence-corrected chi connectivity index (χ3v) is 6.92. The lowest BCUT2D eigenvalue weighted by atomic mass is 10.0. The Hall–Kier alpha value is -3.36. The third kappa shape index (κ3) is 4.93. The lowest BCUT2D eigenvalue weighted by molar-refractivity contribution is 0.161. The number of halogens is 1. The van der Waals surface area contributed by atoms with Crippen molar-refractivity contribution in [2.24, 2.45) is 0 Å². The molecule has 1 saturated heterocycles. The summed E-state index contributed by atoms with van der Waals surface area (Å²) in [5, 5.41) is 11.1. The maximum Gasteiger partial charge on any atom is 0.272 e. The van der Waals surface area contributed by atoms with Gasteiger partial charge in [0.25, 0.3) is 5.56 Å². The van der Waals surface area contributed by atoms with Gasteiger partial charge in [-0.15, -0.1) is 0 Å². The van der Waals surface area contributed by atoms with E-state index in [9.17, 15) is 14.3 Å². The largest absolute Gasteiger partial charge is 0.393 e. The minimum atomic E-state index is -0.300. The highest BCUT2D eigenvalue weighted by molar-refractivity contribution is 8.00. The molecule has 3 heterocycles. The number of benzene rings is 2. The molecule has 0 bridgehead atoms. The summed E-state index contributed by atoms with van der Waals surface area (Å²) in [5.41, 5.74) is 4.02. The Morgan fingerprint density at radius 2 is 1.91 bits per heavy atom.